The highest BCUT2D eigenvalue weighted by Gasteiger charge is 2.18. The summed E-state index contributed by atoms with van der Waals surface area (Å²) in [5.74, 6) is 0. The molecule has 2 aromatic rings. The molecule has 2 heterocycles. The van der Waals surface area contributed by atoms with E-state index in [0.717, 1.165) is 5.56 Å². The molecule has 102 valence electrons. The molecular formula is C11H15N5O2S. The van der Waals surface area contributed by atoms with Crippen molar-refractivity contribution in [2.24, 2.45) is 12.8 Å². The number of rotatable bonds is 5. The molecule has 0 aromatic carbocycles. The first-order chi connectivity index (χ1) is 9.03. The predicted molar refractivity (Wildman–Crippen MR) is 69.4 cm³/mol. The van der Waals surface area contributed by atoms with Gasteiger partial charge in [-0.15, -0.1) is 0 Å². The Labute approximate surface area is 111 Å². The molecule has 0 aliphatic carbocycles. The molecule has 2 aromatic heterocycles. The van der Waals surface area contributed by atoms with E-state index in [4.69, 9.17) is 5.73 Å². The second-order valence-corrected chi connectivity index (χ2v) is 5.73. The fraction of sp³-hybridized carbons (Fsp3) is 0.273. The molecule has 0 aliphatic heterocycles. The average Bonchev–Trinajstić information content (AvgIpc) is 2.82. The van der Waals surface area contributed by atoms with Crippen molar-refractivity contribution in [2.45, 2.75) is 18.0 Å². The van der Waals surface area contributed by atoms with Crippen molar-refractivity contribution < 1.29 is 8.42 Å². The molecular weight excluding hydrogens is 266 g/mol. The van der Waals surface area contributed by atoms with E-state index in [1.54, 1.807) is 30.2 Å². The van der Waals surface area contributed by atoms with E-state index in [9.17, 15) is 8.42 Å². The normalized spacial score (nSPS) is 11.7. The summed E-state index contributed by atoms with van der Waals surface area (Å²) in [5, 5.41) is 3.97. The zero-order valence-electron chi connectivity index (χ0n) is 10.4. The molecule has 7 nitrogen and oxygen atoms in total. The van der Waals surface area contributed by atoms with Crippen molar-refractivity contribution >= 4 is 10.0 Å². The standard InChI is InChI=1S/C11H15N5O2S/c1-16-8-9(6-14-16)7-15-19(17,18)11-3-2-4-13-10(11)5-12/h2-4,6,8,15H,5,7,12H2,1H3. The van der Waals surface area contributed by atoms with Gasteiger partial charge >= 0.3 is 0 Å². The minimum absolute atomic E-state index is 0.0734. The number of nitrogens with two attached hydrogens (primary N) is 1. The van der Waals surface area contributed by atoms with Crippen LogP contribution in [0.3, 0.4) is 0 Å². The van der Waals surface area contributed by atoms with Crippen LogP contribution in [0, 0.1) is 0 Å². The number of aromatic nitrogens is 3. The summed E-state index contributed by atoms with van der Waals surface area (Å²) in [4.78, 5) is 4.07. The summed E-state index contributed by atoms with van der Waals surface area (Å²) < 4.78 is 28.4. The second kappa shape index (κ2) is 5.47. The lowest BCUT2D eigenvalue weighted by Gasteiger charge is -2.08. The van der Waals surface area contributed by atoms with Crippen molar-refractivity contribution in [2.75, 3.05) is 0 Å². The van der Waals surface area contributed by atoms with Crippen LogP contribution in [-0.2, 0) is 30.2 Å². The van der Waals surface area contributed by atoms with Crippen LogP contribution in [0.2, 0.25) is 0 Å². The van der Waals surface area contributed by atoms with E-state index in [0.29, 0.717) is 5.69 Å². The van der Waals surface area contributed by atoms with E-state index in [2.05, 4.69) is 14.8 Å². The number of hydrogen-bond donors (Lipinski definition) is 2. The number of aryl methyl sites for hydroxylation is 1. The van der Waals surface area contributed by atoms with E-state index < -0.39 is 10.0 Å². The van der Waals surface area contributed by atoms with Gasteiger partial charge in [-0.2, -0.15) is 5.10 Å². The van der Waals surface area contributed by atoms with Gasteiger partial charge in [-0.25, -0.2) is 13.1 Å². The monoisotopic (exact) mass is 281 g/mol. The molecule has 3 N–H and O–H groups in total. The molecule has 0 unspecified atom stereocenters. The summed E-state index contributed by atoms with van der Waals surface area (Å²) >= 11 is 0. The SMILES string of the molecule is Cn1cc(CNS(=O)(=O)c2cccnc2CN)cn1. The lowest BCUT2D eigenvalue weighted by molar-refractivity contribution is 0.579. The van der Waals surface area contributed by atoms with Gasteiger partial charge in [-0.1, -0.05) is 0 Å². The highest BCUT2D eigenvalue weighted by Crippen LogP contribution is 2.12. The molecule has 0 spiro atoms. The summed E-state index contributed by atoms with van der Waals surface area (Å²) in [5.41, 5.74) is 6.62. The molecule has 8 heteroatoms. The molecule has 0 atom stereocenters. The number of nitrogens with one attached hydrogen (secondary N) is 1. The number of sulfonamides is 1. The zero-order chi connectivity index (χ0) is 13.9. The molecule has 0 aliphatic rings. The van der Waals surface area contributed by atoms with Crippen LogP contribution in [0.25, 0.3) is 0 Å². The maximum Gasteiger partial charge on any atom is 0.242 e. The zero-order valence-corrected chi connectivity index (χ0v) is 11.3. The topological polar surface area (TPSA) is 103 Å². The summed E-state index contributed by atoms with van der Waals surface area (Å²) in [7, 11) is -1.85. The summed E-state index contributed by atoms with van der Waals surface area (Å²) in [6.45, 7) is 0.249. The van der Waals surface area contributed by atoms with Crippen LogP contribution in [0.1, 0.15) is 11.3 Å². The molecule has 0 saturated heterocycles. The molecule has 0 fully saturated rings. The fourth-order valence-corrected chi connectivity index (χ4v) is 2.86. The Morgan fingerprint density at radius 2 is 2.26 bits per heavy atom. The van der Waals surface area contributed by atoms with Gasteiger partial charge in [0.05, 0.1) is 11.9 Å². The molecule has 0 saturated carbocycles. The van der Waals surface area contributed by atoms with Crippen molar-refractivity contribution in [3.05, 3.63) is 42.0 Å². The number of hydrogen-bond acceptors (Lipinski definition) is 5. The van der Waals surface area contributed by atoms with Gasteiger partial charge in [0.1, 0.15) is 4.90 Å². The van der Waals surface area contributed by atoms with Crippen LogP contribution in [0.5, 0.6) is 0 Å². The van der Waals surface area contributed by atoms with Crippen LogP contribution in [0.15, 0.2) is 35.6 Å². The maximum atomic E-state index is 12.2. The molecule has 19 heavy (non-hydrogen) atoms. The summed E-state index contributed by atoms with van der Waals surface area (Å²) in [6.07, 6.45) is 4.87. The van der Waals surface area contributed by atoms with E-state index >= 15 is 0 Å². The third-order valence-electron chi connectivity index (χ3n) is 2.56. The van der Waals surface area contributed by atoms with Gasteiger partial charge in [0, 0.05) is 38.1 Å². The number of pyridine rings is 1. The third kappa shape index (κ3) is 3.16. The first kappa shape index (κ1) is 13.7. The third-order valence-corrected chi connectivity index (χ3v) is 4.03. The van der Waals surface area contributed by atoms with Crippen LogP contribution >= 0.6 is 0 Å². The van der Waals surface area contributed by atoms with Gasteiger partial charge in [0.2, 0.25) is 10.0 Å². The van der Waals surface area contributed by atoms with Crippen LogP contribution in [-0.4, -0.2) is 23.2 Å². The quantitative estimate of drug-likeness (QED) is 0.787. The largest absolute Gasteiger partial charge is 0.325 e. The number of nitrogens with zero attached hydrogens (tertiary/aromatic N) is 3. The highest BCUT2D eigenvalue weighted by atomic mass is 32.2. The van der Waals surface area contributed by atoms with Gasteiger partial charge in [-0.05, 0) is 12.1 Å². The first-order valence-corrected chi connectivity index (χ1v) is 7.12. The van der Waals surface area contributed by atoms with Crippen molar-refractivity contribution in [1.29, 1.82) is 0 Å². The Hall–Kier alpha value is -1.77. The van der Waals surface area contributed by atoms with E-state index in [1.807, 2.05) is 0 Å². The minimum Gasteiger partial charge on any atom is -0.325 e. The molecule has 0 bridgehead atoms. The van der Waals surface area contributed by atoms with Crippen molar-refractivity contribution in [3.63, 3.8) is 0 Å². The highest BCUT2D eigenvalue weighted by molar-refractivity contribution is 7.89. The van der Waals surface area contributed by atoms with Gasteiger partial charge < -0.3 is 5.73 Å². The molecule has 0 amide bonds. The Kier molecular flexibility index (Phi) is 3.93. The Morgan fingerprint density at radius 3 is 2.89 bits per heavy atom. The Bertz CT molecular complexity index is 665. The van der Waals surface area contributed by atoms with Crippen LogP contribution < -0.4 is 10.5 Å². The minimum atomic E-state index is -3.62. The van der Waals surface area contributed by atoms with Gasteiger partial charge in [0.15, 0.2) is 0 Å². The Balaban J connectivity index is 2.18. The maximum absolute atomic E-state index is 12.2. The Morgan fingerprint density at radius 1 is 1.47 bits per heavy atom. The van der Waals surface area contributed by atoms with Crippen molar-refractivity contribution in [3.8, 4) is 0 Å². The second-order valence-electron chi connectivity index (χ2n) is 4.00. The fourth-order valence-electron chi connectivity index (χ4n) is 1.64. The lowest BCUT2D eigenvalue weighted by Crippen LogP contribution is -2.25. The van der Waals surface area contributed by atoms with E-state index in [1.165, 1.54) is 12.3 Å². The van der Waals surface area contributed by atoms with Gasteiger partial charge in [-0.3, -0.25) is 9.67 Å². The molecule has 0 radical (unpaired) electrons. The summed E-state index contributed by atoms with van der Waals surface area (Å²) in [6, 6.07) is 3.05. The smallest absolute Gasteiger partial charge is 0.242 e. The van der Waals surface area contributed by atoms with Crippen molar-refractivity contribution in [1.82, 2.24) is 19.5 Å². The lowest BCUT2D eigenvalue weighted by atomic mass is 10.3. The molecule has 2 rings (SSSR count). The predicted octanol–water partition coefficient (Wildman–Crippen LogP) is -0.248. The average molecular weight is 281 g/mol. The van der Waals surface area contributed by atoms with Gasteiger partial charge in [0.25, 0.3) is 0 Å². The van der Waals surface area contributed by atoms with E-state index in [-0.39, 0.29) is 18.0 Å². The van der Waals surface area contributed by atoms with Crippen LogP contribution in [0.4, 0.5) is 0 Å². The first-order valence-electron chi connectivity index (χ1n) is 5.64.